The third-order valence-corrected chi connectivity index (χ3v) is 8.32. The van der Waals surface area contributed by atoms with Crippen LogP contribution < -0.4 is 10.6 Å². The molecule has 0 radical (unpaired) electrons. The highest BCUT2D eigenvalue weighted by atomic mass is 19.4. The molecule has 0 spiro atoms. The van der Waals surface area contributed by atoms with E-state index < -0.39 is 35.3 Å². The van der Waals surface area contributed by atoms with Crippen LogP contribution in [0.5, 0.6) is 0 Å². The number of hydrogen-bond donors (Lipinski definition) is 1. The van der Waals surface area contributed by atoms with E-state index in [-0.39, 0.29) is 42.6 Å². The van der Waals surface area contributed by atoms with E-state index in [2.05, 4.69) is 10.2 Å². The predicted molar refractivity (Wildman–Crippen MR) is 130 cm³/mol. The molecule has 200 valence electrons. The lowest BCUT2D eigenvalue weighted by Crippen LogP contribution is -2.50. The van der Waals surface area contributed by atoms with Crippen LogP contribution >= 0.6 is 0 Å². The number of halogens is 4. The summed E-state index contributed by atoms with van der Waals surface area (Å²) in [6.07, 6.45) is -2.03. The third-order valence-electron chi connectivity index (χ3n) is 8.32. The van der Waals surface area contributed by atoms with Crippen LogP contribution in [0.15, 0.2) is 42.7 Å². The van der Waals surface area contributed by atoms with Crippen molar-refractivity contribution in [1.29, 1.82) is 0 Å². The van der Waals surface area contributed by atoms with E-state index in [0.717, 1.165) is 25.3 Å². The number of alkyl halides is 4. The van der Waals surface area contributed by atoms with Crippen molar-refractivity contribution >= 4 is 11.6 Å². The number of hydrogen-bond acceptors (Lipinski definition) is 5. The Morgan fingerprint density at radius 3 is 2.53 bits per heavy atom. The van der Waals surface area contributed by atoms with Crippen molar-refractivity contribution in [2.75, 3.05) is 18.1 Å². The maximum Gasteiger partial charge on any atom is 0.416 e. The van der Waals surface area contributed by atoms with Gasteiger partial charge in [0.15, 0.2) is 12.0 Å². The molecule has 11 heteroatoms. The largest absolute Gasteiger partial charge is 0.416 e. The van der Waals surface area contributed by atoms with E-state index in [0.29, 0.717) is 16.8 Å². The minimum atomic E-state index is -4.64. The number of benzene rings is 2. The first-order valence-electron chi connectivity index (χ1n) is 12.6. The molecule has 2 aliphatic heterocycles. The number of nitrogens with two attached hydrogens (primary N) is 1. The summed E-state index contributed by atoms with van der Waals surface area (Å²) < 4.78 is 65.1. The maximum absolute atomic E-state index is 15.8. The van der Waals surface area contributed by atoms with Gasteiger partial charge >= 0.3 is 6.18 Å². The summed E-state index contributed by atoms with van der Waals surface area (Å²) in [4.78, 5) is 14.8. The molecule has 1 aromatic heterocycles. The fourth-order valence-electron chi connectivity index (χ4n) is 5.69. The Morgan fingerprint density at radius 1 is 1.18 bits per heavy atom. The molecule has 2 atom stereocenters. The quantitative estimate of drug-likeness (QED) is 0.465. The Bertz CT molecular complexity index is 1400. The summed E-state index contributed by atoms with van der Waals surface area (Å²) in [7, 11) is 1.65. The summed E-state index contributed by atoms with van der Waals surface area (Å²) in [6, 6.07) is 8.78. The summed E-state index contributed by atoms with van der Waals surface area (Å²) in [6.45, 7) is -0.0458. The van der Waals surface area contributed by atoms with Crippen molar-refractivity contribution in [3.8, 4) is 0 Å². The molecule has 0 unspecified atom stereocenters. The maximum atomic E-state index is 15.8. The Kier molecular flexibility index (Phi) is 5.84. The van der Waals surface area contributed by atoms with Crippen molar-refractivity contribution in [3.63, 3.8) is 0 Å². The Hall–Kier alpha value is -3.31. The van der Waals surface area contributed by atoms with Crippen LogP contribution in [-0.4, -0.2) is 33.9 Å². The number of amides is 1. The number of aromatic nitrogens is 3. The number of aryl methyl sites for hydroxylation is 1. The molecule has 1 aliphatic carbocycles. The molecule has 2 aromatic carbocycles. The second-order valence-corrected chi connectivity index (χ2v) is 10.6. The minimum absolute atomic E-state index is 0.0131. The average molecular weight is 530 g/mol. The number of carbonyl (C=O) groups is 1. The van der Waals surface area contributed by atoms with Crippen LogP contribution in [0.2, 0.25) is 0 Å². The van der Waals surface area contributed by atoms with E-state index in [4.69, 9.17) is 10.5 Å². The summed E-state index contributed by atoms with van der Waals surface area (Å²) >= 11 is 0. The van der Waals surface area contributed by atoms with Gasteiger partial charge in [-0.05, 0) is 59.7 Å². The van der Waals surface area contributed by atoms with Crippen LogP contribution in [0.3, 0.4) is 0 Å². The molecule has 38 heavy (non-hydrogen) atoms. The molecule has 2 fully saturated rings. The number of carbonyl (C=O) groups excluding carboxylic acids is 1. The van der Waals surface area contributed by atoms with E-state index in [1.54, 1.807) is 31.3 Å². The summed E-state index contributed by atoms with van der Waals surface area (Å²) in [5.41, 5.74) is 5.67. The molecule has 3 aliphatic rings. The number of ether oxygens (including phenoxy) is 1. The first-order chi connectivity index (χ1) is 18.1. The van der Waals surface area contributed by atoms with Crippen molar-refractivity contribution in [3.05, 3.63) is 76.4 Å². The molecule has 1 saturated heterocycles. The molecule has 2 N–H and O–H groups in total. The average Bonchev–Trinajstić information content (AvgIpc) is 3.39. The summed E-state index contributed by atoms with van der Waals surface area (Å²) in [5.74, 6) is -0.273. The first-order valence-corrected chi connectivity index (χ1v) is 12.6. The zero-order chi connectivity index (χ0) is 26.8. The highest BCUT2D eigenvalue weighted by molar-refractivity contribution is 6.10. The Morgan fingerprint density at radius 2 is 1.95 bits per heavy atom. The van der Waals surface area contributed by atoms with Crippen molar-refractivity contribution < 1.29 is 27.1 Å². The van der Waals surface area contributed by atoms with Gasteiger partial charge in [0, 0.05) is 24.3 Å². The van der Waals surface area contributed by atoms with Gasteiger partial charge in [-0.1, -0.05) is 18.6 Å². The van der Waals surface area contributed by atoms with E-state index in [1.165, 1.54) is 21.9 Å². The fourth-order valence-corrected chi connectivity index (χ4v) is 5.69. The van der Waals surface area contributed by atoms with Gasteiger partial charge in [0.05, 0.1) is 30.7 Å². The normalized spacial score (nSPS) is 20.6. The second-order valence-electron chi connectivity index (χ2n) is 10.6. The molecule has 7 nitrogen and oxygen atoms in total. The number of anilines is 1. The number of rotatable bonds is 6. The van der Waals surface area contributed by atoms with Gasteiger partial charge in [0.25, 0.3) is 5.91 Å². The SMILES string of the molecule is Cn1cnnc1[C@H](F)C1(c2cccc(N3Cc4c(cc([C@@H](N)C5CCC5)cc4C(F)(F)F)C3=O)c2)COC1. The molecular weight excluding hydrogens is 502 g/mol. The highest BCUT2D eigenvalue weighted by Crippen LogP contribution is 2.47. The summed E-state index contributed by atoms with van der Waals surface area (Å²) in [5, 5.41) is 7.67. The fraction of sp³-hybridized carbons (Fsp3) is 0.444. The van der Waals surface area contributed by atoms with Crippen molar-refractivity contribution in [2.45, 2.75) is 49.6 Å². The van der Waals surface area contributed by atoms with Gasteiger partial charge < -0.3 is 19.9 Å². The molecule has 3 heterocycles. The lowest BCUT2D eigenvalue weighted by molar-refractivity contribution is -0.138. The monoisotopic (exact) mass is 529 g/mol. The third kappa shape index (κ3) is 3.82. The van der Waals surface area contributed by atoms with Crippen molar-refractivity contribution in [2.24, 2.45) is 18.7 Å². The Labute approximate surface area is 216 Å². The smallest absolute Gasteiger partial charge is 0.379 e. The highest BCUT2D eigenvalue weighted by Gasteiger charge is 2.51. The van der Waals surface area contributed by atoms with Crippen LogP contribution in [-0.2, 0) is 29.9 Å². The van der Waals surface area contributed by atoms with Gasteiger partial charge in [-0.25, -0.2) is 4.39 Å². The molecule has 0 bridgehead atoms. The van der Waals surface area contributed by atoms with Crippen LogP contribution in [0.1, 0.15) is 69.9 Å². The minimum Gasteiger partial charge on any atom is -0.379 e. The Balaban J connectivity index is 1.36. The zero-order valence-corrected chi connectivity index (χ0v) is 20.7. The van der Waals surface area contributed by atoms with Crippen LogP contribution in [0, 0.1) is 5.92 Å². The standard InChI is InChI=1S/C27H27F4N5O2/c1-35-14-33-34-24(35)23(28)26(12-38-13-26)17-6-3-7-18(10-17)36-11-20-19(25(36)37)8-16(9-21(20)27(29,30)31)22(32)15-4-2-5-15/h3,6-10,14-15,22-23H,2,4-5,11-13,32H2,1H3/t22-,23-/m0/s1. The van der Waals surface area contributed by atoms with Gasteiger partial charge in [-0.3, -0.25) is 4.79 Å². The zero-order valence-electron chi connectivity index (χ0n) is 20.7. The lowest BCUT2D eigenvalue weighted by Gasteiger charge is -2.43. The van der Waals surface area contributed by atoms with E-state index >= 15 is 4.39 Å². The molecular formula is C27H27F4N5O2. The molecule has 6 rings (SSSR count). The molecule has 3 aromatic rings. The lowest BCUT2D eigenvalue weighted by atomic mass is 9.74. The van der Waals surface area contributed by atoms with Gasteiger partial charge in [-0.2, -0.15) is 13.2 Å². The van der Waals surface area contributed by atoms with Gasteiger partial charge in [0.2, 0.25) is 0 Å². The number of nitrogens with zero attached hydrogens (tertiary/aromatic N) is 4. The topological polar surface area (TPSA) is 86.3 Å². The van der Waals surface area contributed by atoms with Gasteiger partial charge in [0.1, 0.15) is 6.33 Å². The first kappa shape index (κ1) is 25.0. The number of fused-ring (bicyclic) bond motifs is 1. The predicted octanol–water partition coefficient (Wildman–Crippen LogP) is 4.77. The van der Waals surface area contributed by atoms with E-state index in [9.17, 15) is 18.0 Å². The second kappa shape index (κ2) is 8.88. The van der Waals surface area contributed by atoms with Gasteiger partial charge in [-0.15, -0.1) is 10.2 Å². The van der Waals surface area contributed by atoms with Crippen LogP contribution in [0.25, 0.3) is 0 Å². The van der Waals surface area contributed by atoms with E-state index in [1.807, 2.05) is 0 Å². The molecule has 1 amide bonds. The van der Waals surface area contributed by atoms with Crippen molar-refractivity contribution in [1.82, 2.24) is 14.8 Å². The molecule has 1 saturated carbocycles. The van der Waals surface area contributed by atoms with Crippen LogP contribution in [0.4, 0.5) is 23.2 Å².